The second-order valence-corrected chi connectivity index (χ2v) is 7.10. The van der Waals surface area contributed by atoms with Gasteiger partial charge in [0.05, 0.1) is 5.92 Å². The molecule has 2 N–H and O–H groups in total. The number of fused-ring (bicyclic) bond motifs is 1. The molecule has 2 heterocycles. The fourth-order valence-corrected chi connectivity index (χ4v) is 3.79. The summed E-state index contributed by atoms with van der Waals surface area (Å²) in [5.74, 6) is -0.0431. The lowest BCUT2D eigenvalue weighted by Gasteiger charge is -2.32. The van der Waals surface area contributed by atoms with E-state index in [1.54, 1.807) is 6.07 Å². The third-order valence-electron chi connectivity index (χ3n) is 5.19. The predicted molar refractivity (Wildman–Crippen MR) is 101 cm³/mol. The zero-order valence-electron chi connectivity index (χ0n) is 14.7. The van der Waals surface area contributed by atoms with Crippen LogP contribution in [0.4, 0.5) is 5.69 Å². The monoisotopic (exact) mass is 349 g/mol. The van der Waals surface area contributed by atoms with Crippen LogP contribution in [0, 0.1) is 5.92 Å². The van der Waals surface area contributed by atoms with Gasteiger partial charge in [-0.25, -0.2) is 0 Å². The molecular weight excluding hydrogens is 326 g/mol. The van der Waals surface area contributed by atoms with Crippen molar-refractivity contribution in [2.24, 2.45) is 5.92 Å². The van der Waals surface area contributed by atoms with Crippen molar-refractivity contribution in [3.63, 3.8) is 0 Å². The molecule has 0 radical (unpaired) electrons. The molecular formula is C21H23N3O2. The molecule has 2 aromatic carbocycles. The van der Waals surface area contributed by atoms with Gasteiger partial charge in [0.25, 0.3) is 5.91 Å². The highest BCUT2D eigenvalue weighted by Gasteiger charge is 2.26. The van der Waals surface area contributed by atoms with Crippen LogP contribution in [0.15, 0.2) is 48.5 Å². The van der Waals surface area contributed by atoms with Gasteiger partial charge in [-0.1, -0.05) is 36.4 Å². The number of likely N-dealkylation sites (tertiary alicyclic amines) is 1. The molecule has 26 heavy (non-hydrogen) atoms. The number of amides is 2. The van der Waals surface area contributed by atoms with Crippen LogP contribution in [-0.4, -0.2) is 29.8 Å². The molecule has 1 atom stereocenters. The summed E-state index contributed by atoms with van der Waals surface area (Å²) in [4.78, 5) is 26.8. The molecule has 0 spiro atoms. The van der Waals surface area contributed by atoms with Crippen molar-refractivity contribution in [3.8, 4) is 0 Å². The SMILES string of the molecule is O=C1NCc2ccc(NC(=O)C3CCCN(Cc4ccccc4)C3)cc21. The minimum absolute atomic E-state index is 0.0189. The van der Waals surface area contributed by atoms with Gasteiger partial charge >= 0.3 is 0 Å². The molecule has 0 saturated carbocycles. The molecule has 4 rings (SSSR count). The Bertz CT molecular complexity index is 819. The summed E-state index contributed by atoms with van der Waals surface area (Å²) >= 11 is 0. The quantitative estimate of drug-likeness (QED) is 0.892. The summed E-state index contributed by atoms with van der Waals surface area (Å²) in [7, 11) is 0. The Morgan fingerprint density at radius 1 is 1.19 bits per heavy atom. The van der Waals surface area contributed by atoms with E-state index in [1.165, 1.54) is 5.56 Å². The Balaban J connectivity index is 1.38. The van der Waals surface area contributed by atoms with E-state index < -0.39 is 0 Å². The van der Waals surface area contributed by atoms with E-state index in [0.29, 0.717) is 17.8 Å². The van der Waals surface area contributed by atoms with Gasteiger partial charge in [-0.05, 0) is 42.6 Å². The highest BCUT2D eigenvalue weighted by atomic mass is 16.2. The first kappa shape index (κ1) is 16.8. The maximum Gasteiger partial charge on any atom is 0.251 e. The van der Waals surface area contributed by atoms with Crippen LogP contribution in [0.25, 0.3) is 0 Å². The van der Waals surface area contributed by atoms with E-state index in [1.807, 2.05) is 30.3 Å². The molecule has 0 bridgehead atoms. The molecule has 2 aromatic rings. The predicted octanol–water partition coefficient (Wildman–Crippen LogP) is 2.78. The lowest BCUT2D eigenvalue weighted by Crippen LogP contribution is -2.40. The van der Waals surface area contributed by atoms with Gasteiger partial charge in [-0.15, -0.1) is 0 Å². The van der Waals surface area contributed by atoms with Crippen molar-refractivity contribution in [1.82, 2.24) is 10.2 Å². The summed E-state index contributed by atoms with van der Waals surface area (Å²) < 4.78 is 0. The van der Waals surface area contributed by atoms with E-state index in [-0.39, 0.29) is 17.7 Å². The molecule has 134 valence electrons. The number of benzene rings is 2. The molecule has 0 aromatic heterocycles. The topological polar surface area (TPSA) is 61.4 Å². The number of piperidine rings is 1. The van der Waals surface area contributed by atoms with Crippen molar-refractivity contribution in [2.75, 3.05) is 18.4 Å². The Morgan fingerprint density at radius 3 is 2.88 bits per heavy atom. The Labute approximate surface area is 153 Å². The molecule has 1 unspecified atom stereocenters. The standard InChI is InChI=1S/C21H23N3O2/c25-20(23-18-9-8-16-12-22-21(26)19(16)11-18)17-7-4-10-24(14-17)13-15-5-2-1-3-6-15/h1-3,5-6,8-9,11,17H,4,7,10,12-14H2,(H,22,26)(H,23,25). The highest BCUT2D eigenvalue weighted by molar-refractivity contribution is 6.00. The summed E-state index contributed by atoms with van der Waals surface area (Å²) in [5.41, 5.74) is 3.63. The minimum Gasteiger partial charge on any atom is -0.348 e. The van der Waals surface area contributed by atoms with Crippen LogP contribution in [0.2, 0.25) is 0 Å². The van der Waals surface area contributed by atoms with Gasteiger partial charge in [-0.3, -0.25) is 14.5 Å². The third kappa shape index (κ3) is 3.63. The summed E-state index contributed by atoms with van der Waals surface area (Å²) in [6.07, 6.45) is 1.93. The maximum absolute atomic E-state index is 12.7. The van der Waals surface area contributed by atoms with Crippen LogP contribution in [0.5, 0.6) is 0 Å². The van der Waals surface area contributed by atoms with Crippen molar-refractivity contribution in [3.05, 3.63) is 65.2 Å². The van der Waals surface area contributed by atoms with Crippen molar-refractivity contribution >= 4 is 17.5 Å². The zero-order chi connectivity index (χ0) is 17.9. The van der Waals surface area contributed by atoms with E-state index in [2.05, 4.69) is 27.7 Å². The fraction of sp³-hybridized carbons (Fsp3) is 0.333. The number of carbonyl (C=O) groups excluding carboxylic acids is 2. The maximum atomic E-state index is 12.7. The van der Waals surface area contributed by atoms with Gasteiger partial charge in [0, 0.05) is 30.9 Å². The number of hydrogen-bond acceptors (Lipinski definition) is 3. The molecule has 1 saturated heterocycles. The average Bonchev–Trinajstić information content (AvgIpc) is 3.03. The number of hydrogen-bond donors (Lipinski definition) is 2. The van der Waals surface area contributed by atoms with Crippen LogP contribution < -0.4 is 10.6 Å². The Morgan fingerprint density at radius 2 is 2.04 bits per heavy atom. The molecule has 5 nitrogen and oxygen atoms in total. The van der Waals surface area contributed by atoms with Gasteiger partial charge < -0.3 is 10.6 Å². The van der Waals surface area contributed by atoms with Crippen LogP contribution in [-0.2, 0) is 17.9 Å². The normalized spacial score (nSPS) is 19.7. The Hall–Kier alpha value is -2.66. The first-order chi connectivity index (χ1) is 12.7. The zero-order valence-corrected chi connectivity index (χ0v) is 14.7. The van der Waals surface area contributed by atoms with Crippen molar-refractivity contribution < 1.29 is 9.59 Å². The summed E-state index contributed by atoms with van der Waals surface area (Å²) in [5, 5.41) is 5.80. The Kier molecular flexibility index (Phi) is 4.71. The van der Waals surface area contributed by atoms with Gasteiger partial charge in [-0.2, -0.15) is 0 Å². The lowest BCUT2D eigenvalue weighted by molar-refractivity contribution is -0.121. The number of nitrogens with one attached hydrogen (secondary N) is 2. The van der Waals surface area contributed by atoms with Gasteiger partial charge in [0.1, 0.15) is 0 Å². The molecule has 2 aliphatic rings. The molecule has 0 aliphatic carbocycles. The highest BCUT2D eigenvalue weighted by Crippen LogP contribution is 2.23. The average molecular weight is 349 g/mol. The lowest BCUT2D eigenvalue weighted by atomic mass is 9.96. The summed E-state index contributed by atoms with van der Waals surface area (Å²) in [6, 6.07) is 15.9. The van der Waals surface area contributed by atoms with Crippen molar-refractivity contribution in [2.45, 2.75) is 25.9 Å². The molecule has 1 fully saturated rings. The minimum atomic E-state index is -0.0669. The van der Waals surface area contributed by atoms with Crippen LogP contribution in [0.3, 0.4) is 0 Å². The first-order valence-electron chi connectivity index (χ1n) is 9.17. The second kappa shape index (κ2) is 7.30. The largest absolute Gasteiger partial charge is 0.348 e. The van der Waals surface area contributed by atoms with E-state index in [9.17, 15) is 9.59 Å². The first-order valence-corrected chi connectivity index (χ1v) is 9.17. The fourth-order valence-electron chi connectivity index (χ4n) is 3.79. The number of nitrogens with zero attached hydrogens (tertiary/aromatic N) is 1. The van der Waals surface area contributed by atoms with Crippen LogP contribution >= 0.6 is 0 Å². The van der Waals surface area contributed by atoms with Crippen molar-refractivity contribution in [1.29, 1.82) is 0 Å². The number of carbonyl (C=O) groups is 2. The summed E-state index contributed by atoms with van der Waals surface area (Å²) in [6.45, 7) is 3.24. The van der Waals surface area contributed by atoms with Gasteiger partial charge in [0.15, 0.2) is 0 Å². The smallest absolute Gasteiger partial charge is 0.251 e. The van der Waals surface area contributed by atoms with E-state index >= 15 is 0 Å². The van der Waals surface area contributed by atoms with E-state index in [4.69, 9.17) is 0 Å². The molecule has 5 heteroatoms. The van der Waals surface area contributed by atoms with Gasteiger partial charge in [0.2, 0.25) is 5.91 Å². The number of rotatable bonds is 4. The molecule has 2 amide bonds. The number of anilines is 1. The molecule has 2 aliphatic heterocycles. The third-order valence-corrected chi connectivity index (χ3v) is 5.19. The van der Waals surface area contributed by atoms with Crippen LogP contribution in [0.1, 0.15) is 34.3 Å². The van der Waals surface area contributed by atoms with E-state index in [0.717, 1.165) is 38.0 Å². The second-order valence-electron chi connectivity index (χ2n) is 7.10.